The largest absolute Gasteiger partial charge is 0.482 e. The third-order valence-corrected chi connectivity index (χ3v) is 4.52. The minimum absolute atomic E-state index is 0.0312. The second-order valence-electron chi connectivity index (χ2n) is 5.29. The van der Waals surface area contributed by atoms with Gasteiger partial charge in [-0.2, -0.15) is 0 Å². The predicted octanol–water partition coefficient (Wildman–Crippen LogP) is 4.27. The third-order valence-electron chi connectivity index (χ3n) is 3.73. The molecule has 0 N–H and O–H groups in total. The maximum Gasteiger partial charge on any atom is 0.260 e. The van der Waals surface area contributed by atoms with E-state index in [1.807, 2.05) is 11.0 Å². The first-order chi connectivity index (χ1) is 9.49. The van der Waals surface area contributed by atoms with Crippen molar-refractivity contribution in [3.05, 3.63) is 27.7 Å². The van der Waals surface area contributed by atoms with E-state index in [0.29, 0.717) is 10.8 Å². The molecule has 1 saturated heterocycles. The van der Waals surface area contributed by atoms with E-state index in [9.17, 15) is 4.79 Å². The molecule has 1 aliphatic rings. The number of carbonyl (C=O) groups is 1. The van der Waals surface area contributed by atoms with Gasteiger partial charge < -0.3 is 9.64 Å². The molecule has 1 heterocycles. The monoisotopic (exact) mass is 359 g/mol. The van der Waals surface area contributed by atoms with Crippen LogP contribution in [0.5, 0.6) is 5.75 Å². The standard InChI is InChI=1S/C15H19BrClNO2/c1-10-4-3-5-11(2)18(10)15(19)9-20-14-7-6-12(16)8-13(14)17/h6-8,10-11H,3-5,9H2,1-2H3/t10-,11-/m1/s1. The maximum absolute atomic E-state index is 12.3. The normalized spacial score (nSPS) is 22.7. The van der Waals surface area contributed by atoms with Crippen LogP contribution in [0.25, 0.3) is 0 Å². The molecule has 0 aromatic heterocycles. The Morgan fingerprint density at radius 1 is 1.40 bits per heavy atom. The van der Waals surface area contributed by atoms with Crippen LogP contribution in [0.1, 0.15) is 33.1 Å². The molecule has 0 radical (unpaired) electrons. The summed E-state index contributed by atoms with van der Waals surface area (Å²) in [6, 6.07) is 5.94. The van der Waals surface area contributed by atoms with Gasteiger partial charge in [-0.05, 0) is 51.3 Å². The van der Waals surface area contributed by atoms with Gasteiger partial charge in [0.05, 0.1) is 5.02 Å². The fraction of sp³-hybridized carbons (Fsp3) is 0.533. The topological polar surface area (TPSA) is 29.5 Å². The highest BCUT2D eigenvalue weighted by atomic mass is 79.9. The van der Waals surface area contributed by atoms with Gasteiger partial charge in [0.25, 0.3) is 5.91 Å². The number of carbonyl (C=O) groups excluding carboxylic acids is 1. The molecule has 0 unspecified atom stereocenters. The Hall–Kier alpha value is -0.740. The third kappa shape index (κ3) is 3.67. The molecule has 1 amide bonds. The Bertz CT molecular complexity index is 485. The highest BCUT2D eigenvalue weighted by Crippen LogP contribution is 2.28. The lowest BCUT2D eigenvalue weighted by Crippen LogP contribution is -2.49. The quantitative estimate of drug-likeness (QED) is 0.805. The van der Waals surface area contributed by atoms with Crippen molar-refractivity contribution in [2.75, 3.05) is 6.61 Å². The summed E-state index contributed by atoms with van der Waals surface area (Å²) in [7, 11) is 0. The molecule has 3 nitrogen and oxygen atoms in total. The molecule has 0 aliphatic carbocycles. The van der Waals surface area contributed by atoms with E-state index in [4.69, 9.17) is 16.3 Å². The number of benzene rings is 1. The number of halogens is 2. The molecule has 0 bridgehead atoms. The minimum atomic E-state index is 0.0312. The van der Waals surface area contributed by atoms with E-state index in [2.05, 4.69) is 29.8 Å². The lowest BCUT2D eigenvalue weighted by molar-refractivity contribution is -0.139. The molecule has 110 valence electrons. The Kier molecular flexibility index (Phi) is 5.33. The Labute approximate surface area is 133 Å². The summed E-state index contributed by atoms with van der Waals surface area (Å²) in [5, 5.41) is 0.506. The van der Waals surface area contributed by atoms with E-state index >= 15 is 0 Å². The van der Waals surface area contributed by atoms with Crippen LogP contribution in [0.2, 0.25) is 5.02 Å². The lowest BCUT2D eigenvalue weighted by Gasteiger charge is -2.39. The average molecular weight is 361 g/mol. The van der Waals surface area contributed by atoms with Gasteiger partial charge in [0, 0.05) is 16.6 Å². The summed E-state index contributed by atoms with van der Waals surface area (Å²) in [4.78, 5) is 14.3. The second-order valence-corrected chi connectivity index (χ2v) is 6.62. The second kappa shape index (κ2) is 6.81. The number of ether oxygens (including phenoxy) is 1. The fourth-order valence-electron chi connectivity index (χ4n) is 2.72. The van der Waals surface area contributed by atoms with Gasteiger partial charge in [0.2, 0.25) is 0 Å². The number of likely N-dealkylation sites (tertiary alicyclic amines) is 1. The van der Waals surface area contributed by atoms with Crippen LogP contribution in [0.4, 0.5) is 0 Å². The van der Waals surface area contributed by atoms with Crippen LogP contribution < -0.4 is 4.74 Å². The molecule has 2 atom stereocenters. The van der Waals surface area contributed by atoms with Gasteiger partial charge in [-0.15, -0.1) is 0 Å². The number of amides is 1. The molecular formula is C15H19BrClNO2. The van der Waals surface area contributed by atoms with Gasteiger partial charge in [0.15, 0.2) is 6.61 Å². The zero-order chi connectivity index (χ0) is 14.7. The number of rotatable bonds is 3. The van der Waals surface area contributed by atoms with Crippen molar-refractivity contribution in [1.82, 2.24) is 4.90 Å². The fourth-order valence-corrected chi connectivity index (χ4v) is 3.45. The van der Waals surface area contributed by atoms with E-state index in [1.54, 1.807) is 12.1 Å². The van der Waals surface area contributed by atoms with Gasteiger partial charge in [0.1, 0.15) is 5.75 Å². The van der Waals surface area contributed by atoms with E-state index < -0.39 is 0 Å². The van der Waals surface area contributed by atoms with Crippen LogP contribution >= 0.6 is 27.5 Å². The summed E-state index contributed by atoms with van der Waals surface area (Å²) in [6.07, 6.45) is 3.32. The van der Waals surface area contributed by atoms with Crippen LogP contribution in [0.3, 0.4) is 0 Å². The zero-order valence-electron chi connectivity index (χ0n) is 11.7. The van der Waals surface area contributed by atoms with E-state index in [1.165, 1.54) is 6.42 Å². The van der Waals surface area contributed by atoms with Crippen LogP contribution in [0.15, 0.2) is 22.7 Å². The lowest BCUT2D eigenvalue weighted by atomic mass is 9.97. The molecule has 20 heavy (non-hydrogen) atoms. The maximum atomic E-state index is 12.3. The van der Waals surface area contributed by atoms with Gasteiger partial charge in [-0.25, -0.2) is 0 Å². The SMILES string of the molecule is C[C@@H]1CCC[C@@H](C)N1C(=O)COc1ccc(Br)cc1Cl. The number of piperidine rings is 1. The Morgan fingerprint density at radius 3 is 2.65 bits per heavy atom. The van der Waals surface area contributed by atoms with Crippen molar-refractivity contribution >= 4 is 33.4 Å². The van der Waals surface area contributed by atoms with Gasteiger partial charge in [-0.3, -0.25) is 4.79 Å². The summed E-state index contributed by atoms with van der Waals surface area (Å²) >= 11 is 9.42. The van der Waals surface area contributed by atoms with Crippen molar-refractivity contribution in [2.45, 2.75) is 45.2 Å². The molecule has 1 aromatic carbocycles. The Morgan fingerprint density at radius 2 is 2.05 bits per heavy atom. The summed E-state index contributed by atoms with van der Waals surface area (Å²) in [5.74, 6) is 0.573. The smallest absolute Gasteiger partial charge is 0.260 e. The molecule has 1 aromatic rings. The molecular weight excluding hydrogens is 342 g/mol. The molecule has 2 rings (SSSR count). The molecule has 5 heteroatoms. The van der Waals surface area contributed by atoms with Crippen molar-refractivity contribution in [1.29, 1.82) is 0 Å². The van der Waals surface area contributed by atoms with E-state index in [0.717, 1.165) is 17.3 Å². The predicted molar refractivity (Wildman–Crippen MR) is 84.3 cm³/mol. The first-order valence-corrected chi connectivity index (χ1v) is 8.05. The van der Waals surface area contributed by atoms with Crippen LogP contribution in [-0.4, -0.2) is 29.5 Å². The van der Waals surface area contributed by atoms with Crippen molar-refractivity contribution in [3.63, 3.8) is 0 Å². The summed E-state index contributed by atoms with van der Waals surface area (Å²) in [6.45, 7) is 4.23. The highest BCUT2D eigenvalue weighted by Gasteiger charge is 2.29. The number of nitrogens with zero attached hydrogens (tertiary/aromatic N) is 1. The summed E-state index contributed by atoms with van der Waals surface area (Å²) < 4.78 is 6.45. The van der Waals surface area contributed by atoms with Crippen LogP contribution in [0, 0.1) is 0 Å². The first kappa shape index (κ1) is 15.6. The highest BCUT2D eigenvalue weighted by molar-refractivity contribution is 9.10. The Balaban J connectivity index is 1.97. The van der Waals surface area contributed by atoms with Crippen molar-refractivity contribution < 1.29 is 9.53 Å². The summed E-state index contributed by atoms with van der Waals surface area (Å²) in [5.41, 5.74) is 0. The molecule has 1 fully saturated rings. The average Bonchev–Trinajstić information content (AvgIpc) is 2.37. The van der Waals surface area contributed by atoms with Crippen molar-refractivity contribution in [3.8, 4) is 5.75 Å². The molecule has 0 spiro atoms. The van der Waals surface area contributed by atoms with Gasteiger partial charge in [-0.1, -0.05) is 27.5 Å². The molecule has 1 aliphatic heterocycles. The number of hydrogen-bond acceptors (Lipinski definition) is 2. The van der Waals surface area contributed by atoms with E-state index in [-0.39, 0.29) is 24.6 Å². The first-order valence-electron chi connectivity index (χ1n) is 6.88. The zero-order valence-corrected chi connectivity index (χ0v) is 14.1. The number of hydrogen-bond donors (Lipinski definition) is 0. The minimum Gasteiger partial charge on any atom is -0.482 e. The van der Waals surface area contributed by atoms with Crippen molar-refractivity contribution in [2.24, 2.45) is 0 Å². The van der Waals surface area contributed by atoms with Crippen LogP contribution in [-0.2, 0) is 4.79 Å². The molecule has 0 saturated carbocycles. The van der Waals surface area contributed by atoms with Gasteiger partial charge >= 0.3 is 0 Å².